The SMILES string of the molecule is CC(CNC(=O)CN(c1ccccc1Br)S(C)(=O)=O)c1ccccc1. The molecule has 1 N–H and O–H groups in total. The van der Waals surface area contributed by atoms with E-state index in [9.17, 15) is 13.2 Å². The van der Waals surface area contributed by atoms with E-state index in [4.69, 9.17) is 0 Å². The van der Waals surface area contributed by atoms with Crippen LogP contribution in [0, 0.1) is 0 Å². The van der Waals surface area contributed by atoms with Gasteiger partial charge in [-0.1, -0.05) is 49.4 Å². The molecule has 0 aliphatic rings. The molecule has 0 radical (unpaired) electrons. The molecule has 0 saturated carbocycles. The van der Waals surface area contributed by atoms with Gasteiger partial charge in [0.05, 0.1) is 11.9 Å². The number of carbonyl (C=O) groups is 1. The minimum absolute atomic E-state index is 0.139. The standard InChI is InChI=1S/C18H21BrN2O3S/c1-14(15-8-4-3-5-9-15)12-20-18(22)13-21(25(2,23)24)17-11-7-6-10-16(17)19/h3-11,14H,12-13H2,1-2H3,(H,20,22). The van der Waals surface area contributed by atoms with Crippen molar-refractivity contribution < 1.29 is 13.2 Å². The molecule has 0 saturated heterocycles. The number of amides is 1. The van der Waals surface area contributed by atoms with Gasteiger partial charge in [0, 0.05) is 11.0 Å². The summed E-state index contributed by atoms with van der Waals surface area (Å²) in [6.45, 7) is 2.19. The summed E-state index contributed by atoms with van der Waals surface area (Å²) in [5.41, 5.74) is 1.56. The summed E-state index contributed by atoms with van der Waals surface area (Å²) in [6, 6.07) is 16.8. The zero-order chi connectivity index (χ0) is 18.4. The Bertz CT molecular complexity index is 825. The highest BCUT2D eigenvalue weighted by Crippen LogP contribution is 2.27. The highest BCUT2D eigenvalue weighted by molar-refractivity contribution is 9.10. The molecule has 1 amide bonds. The Hall–Kier alpha value is -1.86. The first kappa shape index (κ1) is 19.5. The highest BCUT2D eigenvalue weighted by Gasteiger charge is 2.22. The van der Waals surface area contributed by atoms with Crippen LogP contribution in [0.1, 0.15) is 18.4 Å². The van der Waals surface area contributed by atoms with E-state index in [0.29, 0.717) is 16.7 Å². The van der Waals surface area contributed by atoms with Crippen LogP contribution in [0.2, 0.25) is 0 Å². The Labute approximate surface area is 157 Å². The Kier molecular flexibility index (Phi) is 6.61. The lowest BCUT2D eigenvalue weighted by molar-refractivity contribution is -0.119. The molecule has 0 fully saturated rings. The number of sulfonamides is 1. The lowest BCUT2D eigenvalue weighted by Crippen LogP contribution is -2.41. The van der Waals surface area contributed by atoms with E-state index in [1.54, 1.807) is 24.3 Å². The number of nitrogens with zero attached hydrogens (tertiary/aromatic N) is 1. The zero-order valence-electron chi connectivity index (χ0n) is 14.1. The number of anilines is 1. The third-order valence-electron chi connectivity index (χ3n) is 3.78. The van der Waals surface area contributed by atoms with Crippen molar-refractivity contribution >= 4 is 37.5 Å². The summed E-state index contributed by atoms with van der Waals surface area (Å²) in [7, 11) is -3.58. The first-order valence-electron chi connectivity index (χ1n) is 7.83. The molecule has 1 atom stereocenters. The normalized spacial score (nSPS) is 12.4. The van der Waals surface area contributed by atoms with E-state index in [1.165, 1.54) is 0 Å². The van der Waals surface area contributed by atoms with E-state index in [2.05, 4.69) is 21.2 Å². The predicted molar refractivity (Wildman–Crippen MR) is 104 cm³/mol. The summed E-state index contributed by atoms with van der Waals surface area (Å²) in [6.07, 6.45) is 1.09. The molecule has 25 heavy (non-hydrogen) atoms. The number of nitrogens with one attached hydrogen (secondary N) is 1. The van der Waals surface area contributed by atoms with Crippen LogP contribution in [0.15, 0.2) is 59.1 Å². The number of hydrogen-bond acceptors (Lipinski definition) is 3. The smallest absolute Gasteiger partial charge is 0.240 e. The fourth-order valence-corrected chi connectivity index (χ4v) is 3.87. The first-order valence-corrected chi connectivity index (χ1v) is 10.5. The number of rotatable bonds is 7. The van der Waals surface area contributed by atoms with Crippen molar-refractivity contribution in [2.24, 2.45) is 0 Å². The molecule has 2 aromatic carbocycles. The lowest BCUT2D eigenvalue weighted by atomic mass is 10.0. The second-order valence-electron chi connectivity index (χ2n) is 5.84. The topological polar surface area (TPSA) is 66.5 Å². The molecular formula is C18H21BrN2O3S. The average Bonchev–Trinajstić information content (AvgIpc) is 2.58. The third-order valence-corrected chi connectivity index (χ3v) is 5.58. The van der Waals surface area contributed by atoms with Crippen LogP contribution in [-0.2, 0) is 14.8 Å². The fraction of sp³-hybridized carbons (Fsp3) is 0.278. The molecule has 2 aromatic rings. The summed E-state index contributed by atoms with van der Waals surface area (Å²) >= 11 is 3.33. The van der Waals surface area contributed by atoms with Crippen molar-refractivity contribution in [2.75, 3.05) is 23.7 Å². The van der Waals surface area contributed by atoms with Crippen molar-refractivity contribution in [3.63, 3.8) is 0 Å². The predicted octanol–water partition coefficient (Wildman–Crippen LogP) is 3.14. The van der Waals surface area contributed by atoms with Crippen molar-refractivity contribution in [1.29, 1.82) is 0 Å². The second kappa shape index (κ2) is 8.49. The minimum Gasteiger partial charge on any atom is -0.354 e. The Morgan fingerprint density at radius 3 is 2.32 bits per heavy atom. The van der Waals surface area contributed by atoms with Gasteiger partial charge in [0.2, 0.25) is 15.9 Å². The average molecular weight is 425 g/mol. The van der Waals surface area contributed by atoms with Crippen molar-refractivity contribution in [2.45, 2.75) is 12.8 Å². The van der Waals surface area contributed by atoms with Crippen LogP contribution in [0.25, 0.3) is 0 Å². The maximum Gasteiger partial charge on any atom is 0.240 e. The molecule has 134 valence electrons. The number of carbonyl (C=O) groups excluding carboxylic acids is 1. The van der Waals surface area contributed by atoms with E-state index in [-0.39, 0.29) is 18.4 Å². The van der Waals surface area contributed by atoms with Crippen molar-refractivity contribution in [3.8, 4) is 0 Å². The number of para-hydroxylation sites is 1. The monoisotopic (exact) mass is 424 g/mol. The quantitative estimate of drug-likeness (QED) is 0.741. The molecule has 5 nitrogen and oxygen atoms in total. The number of halogens is 1. The summed E-state index contributed by atoms with van der Waals surface area (Å²) in [4.78, 5) is 12.3. The van der Waals surface area contributed by atoms with E-state index < -0.39 is 10.0 Å². The van der Waals surface area contributed by atoms with Crippen LogP contribution < -0.4 is 9.62 Å². The molecule has 1 unspecified atom stereocenters. The molecule has 0 aliphatic heterocycles. The third kappa shape index (κ3) is 5.57. The lowest BCUT2D eigenvalue weighted by Gasteiger charge is -2.23. The Morgan fingerprint density at radius 2 is 1.72 bits per heavy atom. The van der Waals surface area contributed by atoms with Crippen LogP contribution in [-0.4, -0.2) is 33.7 Å². The Morgan fingerprint density at radius 1 is 1.12 bits per heavy atom. The minimum atomic E-state index is -3.58. The van der Waals surface area contributed by atoms with Gasteiger partial charge in [-0.3, -0.25) is 9.10 Å². The molecule has 0 aromatic heterocycles. The van der Waals surface area contributed by atoms with Gasteiger partial charge >= 0.3 is 0 Å². The van der Waals surface area contributed by atoms with Crippen LogP contribution in [0.3, 0.4) is 0 Å². The molecule has 0 aliphatic carbocycles. The number of benzene rings is 2. The maximum atomic E-state index is 12.3. The fourth-order valence-electron chi connectivity index (χ4n) is 2.39. The molecule has 0 heterocycles. The maximum absolute atomic E-state index is 12.3. The van der Waals surface area contributed by atoms with E-state index in [1.807, 2.05) is 37.3 Å². The number of hydrogen-bond donors (Lipinski definition) is 1. The molecule has 7 heteroatoms. The van der Waals surface area contributed by atoms with Gasteiger partial charge in [-0.25, -0.2) is 8.42 Å². The molecule has 0 spiro atoms. The summed E-state index contributed by atoms with van der Waals surface area (Å²) in [5.74, 6) is -0.204. The second-order valence-corrected chi connectivity index (χ2v) is 8.60. The van der Waals surface area contributed by atoms with Gasteiger partial charge in [0.1, 0.15) is 6.54 Å². The molecule has 2 rings (SSSR count). The van der Waals surface area contributed by atoms with Gasteiger partial charge in [0.15, 0.2) is 0 Å². The zero-order valence-corrected chi connectivity index (χ0v) is 16.5. The largest absolute Gasteiger partial charge is 0.354 e. The van der Waals surface area contributed by atoms with Crippen LogP contribution >= 0.6 is 15.9 Å². The Balaban J connectivity index is 2.05. The molecule has 0 bridgehead atoms. The van der Waals surface area contributed by atoms with Gasteiger partial charge in [-0.15, -0.1) is 0 Å². The molecular weight excluding hydrogens is 404 g/mol. The van der Waals surface area contributed by atoms with Gasteiger partial charge < -0.3 is 5.32 Å². The van der Waals surface area contributed by atoms with Gasteiger partial charge in [-0.2, -0.15) is 0 Å². The van der Waals surface area contributed by atoms with Crippen molar-refractivity contribution in [1.82, 2.24) is 5.32 Å². The summed E-state index contributed by atoms with van der Waals surface area (Å²) < 4.78 is 25.9. The van der Waals surface area contributed by atoms with Crippen LogP contribution in [0.5, 0.6) is 0 Å². The summed E-state index contributed by atoms with van der Waals surface area (Å²) in [5, 5.41) is 2.81. The first-order chi connectivity index (χ1) is 11.8. The highest BCUT2D eigenvalue weighted by atomic mass is 79.9. The van der Waals surface area contributed by atoms with E-state index >= 15 is 0 Å². The van der Waals surface area contributed by atoms with Crippen LogP contribution in [0.4, 0.5) is 5.69 Å². The van der Waals surface area contributed by atoms with E-state index in [0.717, 1.165) is 16.1 Å². The van der Waals surface area contributed by atoms with Gasteiger partial charge in [-0.05, 0) is 39.5 Å². The van der Waals surface area contributed by atoms with Gasteiger partial charge in [0.25, 0.3) is 0 Å². The van der Waals surface area contributed by atoms with Crippen molar-refractivity contribution in [3.05, 3.63) is 64.6 Å².